The lowest BCUT2D eigenvalue weighted by molar-refractivity contribution is -0.125. The molecular weight excluding hydrogens is 510 g/mol. The van der Waals surface area contributed by atoms with Gasteiger partial charge in [0, 0.05) is 30.8 Å². The molecule has 5 rings (SSSR count). The van der Waals surface area contributed by atoms with E-state index in [1.807, 2.05) is 0 Å². The van der Waals surface area contributed by atoms with Gasteiger partial charge in [0.2, 0.25) is 23.3 Å². The number of carbonyl (C=O) groups excluding carboxylic acids is 1. The normalized spacial score (nSPS) is 15.6. The summed E-state index contributed by atoms with van der Waals surface area (Å²) < 4.78 is 76.8. The molecule has 194 valence electrons. The number of halogens is 5. The molecule has 1 aliphatic rings. The zero-order valence-electron chi connectivity index (χ0n) is 19.8. The van der Waals surface area contributed by atoms with Gasteiger partial charge in [-0.3, -0.25) is 4.79 Å². The molecule has 1 amide bonds. The number of fused-ring (bicyclic) bond motifs is 1. The molecule has 2 aromatic carbocycles. The van der Waals surface area contributed by atoms with E-state index in [4.69, 9.17) is 10.5 Å². The van der Waals surface area contributed by atoms with Crippen molar-refractivity contribution in [3.63, 3.8) is 0 Å². The van der Waals surface area contributed by atoms with Crippen molar-refractivity contribution in [2.45, 2.75) is 12.5 Å². The number of rotatable bonds is 5. The minimum absolute atomic E-state index is 0.0368. The fraction of sp³-hybridized carbons (Fsp3) is 0.167. The lowest BCUT2D eigenvalue weighted by Crippen LogP contribution is -2.27. The summed E-state index contributed by atoms with van der Waals surface area (Å²) in [5, 5.41) is 4.81. The third-order valence-electron chi connectivity index (χ3n) is 6.14. The molecule has 0 spiro atoms. The summed E-state index contributed by atoms with van der Waals surface area (Å²) in [5.41, 5.74) is 6.45. The summed E-state index contributed by atoms with van der Waals surface area (Å²) in [5.74, 6) is -8.01. The third kappa shape index (κ3) is 4.31. The number of nitrogens with two attached hydrogens (primary N) is 1. The number of nitrogens with zero attached hydrogens (tertiary/aromatic N) is 5. The van der Waals surface area contributed by atoms with Crippen molar-refractivity contribution in [1.29, 1.82) is 0 Å². The maximum absolute atomic E-state index is 15.3. The first kappa shape index (κ1) is 25.2. The predicted octanol–water partition coefficient (Wildman–Crippen LogP) is 3.48. The van der Waals surface area contributed by atoms with E-state index >= 15 is 4.39 Å². The molecule has 38 heavy (non-hydrogen) atoms. The topological polar surface area (TPSA) is 99.2 Å². The first-order valence-corrected chi connectivity index (χ1v) is 11.4. The molecule has 4 aromatic rings. The van der Waals surface area contributed by atoms with Crippen LogP contribution in [0.4, 0.5) is 27.8 Å². The Morgan fingerprint density at radius 2 is 1.82 bits per heavy atom. The smallest absolute Gasteiger partial charge is 0.245 e. The van der Waals surface area contributed by atoms with Gasteiger partial charge in [-0.05, 0) is 24.6 Å². The molecule has 0 aliphatic carbocycles. The Morgan fingerprint density at radius 3 is 2.50 bits per heavy atom. The molecule has 14 heteroatoms. The van der Waals surface area contributed by atoms with Crippen LogP contribution >= 0.6 is 0 Å². The van der Waals surface area contributed by atoms with E-state index in [0.29, 0.717) is 25.2 Å². The highest BCUT2D eigenvalue weighted by Gasteiger charge is 2.31. The van der Waals surface area contributed by atoms with E-state index in [0.717, 1.165) is 12.1 Å². The van der Waals surface area contributed by atoms with E-state index in [-0.39, 0.29) is 40.5 Å². The number of likely N-dealkylation sites (tertiary alicyclic amines) is 1. The van der Waals surface area contributed by atoms with Crippen molar-refractivity contribution in [2.75, 3.05) is 18.8 Å². The van der Waals surface area contributed by atoms with Crippen LogP contribution < -0.4 is 10.5 Å². The second-order valence-corrected chi connectivity index (χ2v) is 8.52. The molecule has 2 N–H and O–H groups in total. The molecule has 0 bridgehead atoms. The number of aromatic nitrogens is 4. The van der Waals surface area contributed by atoms with Crippen LogP contribution in [0.25, 0.3) is 22.3 Å². The van der Waals surface area contributed by atoms with Crippen LogP contribution in [-0.4, -0.2) is 51.5 Å². The summed E-state index contributed by atoms with van der Waals surface area (Å²) in [7, 11) is 1.74. The standard InChI is InChI=1S/C24H18BF5N6O2/c25-5-3-17(37)35-6-4-11(9-35)36-24-18(23(31)32-10-33-24)21(34-36)13-2-1-12(7-14(13)26)38-22-19(29)15(27)8-16(28)20(22)30/h1-3,5,7-8,10-11H,4,6,9,25H2,(H2,31,32,33)/b5-3-/t11-/m1/s1. The molecule has 0 unspecified atom stereocenters. The van der Waals surface area contributed by atoms with Gasteiger partial charge in [-0.25, -0.2) is 27.8 Å². The van der Waals surface area contributed by atoms with E-state index < -0.39 is 40.6 Å². The number of carbonyl (C=O) groups is 1. The van der Waals surface area contributed by atoms with Crippen LogP contribution in [0, 0.1) is 29.1 Å². The molecule has 3 heterocycles. The minimum atomic E-state index is -1.76. The van der Waals surface area contributed by atoms with E-state index in [2.05, 4.69) is 15.1 Å². The van der Waals surface area contributed by atoms with Crippen LogP contribution in [0.1, 0.15) is 12.5 Å². The number of hydrogen-bond acceptors (Lipinski definition) is 6. The Kier molecular flexibility index (Phi) is 6.47. The lowest BCUT2D eigenvalue weighted by atomic mass is 10.1. The van der Waals surface area contributed by atoms with Crippen LogP contribution in [-0.2, 0) is 4.79 Å². The van der Waals surface area contributed by atoms with E-state index in [1.165, 1.54) is 18.5 Å². The number of hydrogen-bond donors (Lipinski definition) is 1. The molecule has 2 aromatic heterocycles. The van der Waals surface area contributed by atoms with Crippen molar-refractivity contribution < 1.29 is 31.5 Å². The van der Waals surface area contributed by atoms with E-state index in [1.54, 1.807) is 23.4 Å². The monoisotopic (exact) mass is 528 g/mol. The number of amides is 1. The zero-order valence-corrected chi connectivity index (χ0v) is 19.8. The lowest BCUT2D eigenvalue weighted by Gasteiger charge is -2.15. The fourth-order valence-electron chi connectivity index (χ4n) is 4.34. The Morgan fingerprint density at radius 1 is 1.08 bits per heavy atom. The second-order valence-electron chi connectivity index (χ2n) is 8.52. The third-order valence-corrected chi connectivity index (χ3v) is 6.14. The Bertz CT molecular complexity index is 1590. The highest BCUT2D eigenvalue weighted by Crippen LogP contribution is 2.37. The summed E-state index contributed by atoms with van der Waals surface area (Å²) in [4.78, 5) is 22.2. The molecule has 8 nitrogen and oxygen atoms in total. The first-order valence-electron chi connectivity index (χ1n) is 11.4. The molecule has 0 radical (unpaired) electrons. The molecule has 0 saturated carbocycles. The van der Waals surface area contributed by atoms with Crippen molar-refractivity contribution in [3.8, 4) is 22.8 Å². The van der Waals surface area contributed by atoms with Gasteiger partial charge < -0.3 is 15.4 Å². The van der Waals surface area contributed by atoms with Gasteiger partial charge in [-0.15, -0.1) is 5.98 Å². The predicted molar refractivity (Wildman–Crippen MR) is 129 cm³/mol. The maximum Gasteiger partial charge on any atom is 0.245 e. The van der Waals surface area contributed by atoms with Crippen molar-refractivity contribution in [2.24, 2.45) is 0 Å². The Balaban J connectivity index is 1.52. The van der Waals surface area contributed by atoms with Crippen molar-refractivity contribution in [3.05, 3.63) is 71.7 Å². The van der Waals surface area contributed by atoms with Crippen LogP contribution in [0.3, 0.4) is 0 Å². The first-order chi connectivity index (χ1) is 18.2. The van der Waals surface area contributed by atoms with Gasteiger partial charge in [0.05, 0.1) is 11.4 Å². The fourth-order valence-corrected chi connectivity index (χ4v) is 4.34. The summed E-state index contributed by atoms with van der Waals surface area (Å²) in [6, 6.07) is 2.92. The van der Waals surface area contributed by atoms with Crippen molar-refractivity contribution >= 4 is 30.6 Å². The molecule has 1 atom stereocenters. The highest BCUT2D eigenvalue weighted by molar-refractivity contribution is 6.19. The minimum Gasteiger partial charge on any atom is -0.451 e. The molecule has 1 fully saturated rings. The molecule has 1 saturated heterocycles. The van der Waals surface area contributed by atoms with Crippen LogP contribution in [0.5, 0.6) is 11.5 Å². The average Bonchev–Trinajstić information content (AvgIpc) is 3.52. The quantitative estimate of drug-likeness (QED) is 0.184. The molecule has 1 aliphatic heterocycles. The number of anilines is 1. The van der Waals surface area contributed by atoms with Gasteiger partial charge in [-0.2, -0.15) is 13.9 Å². The van der Waals surface area contributed by atoms with Crippen LogP contribution in [0.15, 0.2) is 42.6 Å². The zero-order chi connectivity index (χ0) is 27.1. The largest absolute Gasteiger partial charge is 0.451 e. The second kappa shape index (κ2) is 9.76. The average molecular weight is 528 g/mol. The summed E-state index contributed by atoms with van der Waals surface area (Å²) >= 11 is 0. The maximum atomic E-state index is 15.3. The SMILES string of the molecule is B/C=C\C(=O)N1CC[C@@H](n2nc(-c3ccc(Oc4c(F)c(F)cc(F)c4F)cc3F)c3c(N)ncnc32)C1. The van der Waals surface area contributed by atoms with Crippen molar-refractivity contribution in [1.82, 2.24) is 24.6 Å². The number of nitrogen functional groups attached to an aromatic ring is 1. The highest BCUT2D eigenvalue weighted by atomic mass is 19.2. The Hall–Kier alpha value is -4.49. The Labute approximate surface area is 212 Å². The number of benzene rings is 2. The van der Waals surface area contributed by atoms with Gasteiger partial charge in [0.15, 0.2) is 17.3 Å². The summed E-state index contributed by atoms with van der Waals surface area (Å²) in [6.07, 6.45) is 3.27. The summed E-state index contributed by atoms with van der Waals surface area (Å²) in [6.45, 7) is 0.833. The van der Waals surface area contributed by atoms with Gasteiger partial charge in [0.25, 0.3) is 0 Å². The van der Waals surface area contributed by atoms with E-state index in [9.17, 15) is 22.4 Å². The van der Waals surface area contributed by atoms with Gasteiger partial charge >= 0.3 is 0 Å². The van der Waals surface area contributed by atoms with Gasteiger partial charge in [-0.1, -0.05) is 0 Å². The van der Waals surface area contributed by atoms with Crippen LogP contribution in [0.2, 0.25) is 0 Å². The number of ether oxygens (including phenoxy) is 1. The van der Waals surface area contributed by atoms with Gasteiger partial charge in [0.1, 0.15) is 37.3 Å². The molecular formula is C24H18BF5N6O2.